The summed E-state index contributed by atoms with van der Waals surface area (Å²) in [5.74, 6) is -1.25. The second-order valence-corrected chi connectivity index (χ2v) is 9.68. The summed E-state index contributed by atoms with van der Waals surface area (Å²) in [6, 6.07) is 2.71. The van der Waals surface area contributed by atoms with Gasteiger partial charge in [-0.15, -0.1) is 23.1 Å². The highest BCUT2D eigenvalue weighted by Gasteiger charge is 2.35. The van der Waals surface area contributed by atoms with Crippen molar-refractivity contribution in [2.75, 3.05) is 32.0 Å². The first kappa shape index (κ1) is 25.6. The van der Waals surface area contributed by atoms with Gasteiger partial charge in [0.25, 0.3) is 0 Å². The summed E-state index contributed by atoms with van der Waals surface area (Å²) < 4.78 is 5.22. The first-order chi connectivity index (χ1) is 15.0. The number of thiophene rings is 1. The van der Waals surface area contributed by atoms with E-state index in [2.05, 4.69) is 5.32 Å². The van der Waals surface area contributed by atoms with Crippen molar-refractivity contribution in [3.8, 4) is 0 Å². The van der Waals surface area contributed by atoms with Crippen LogP contribution in [-0.4, -0.2) is 71.9 Å². The van der Waals surface area contributed by atoms with Gasteiger partial charge in [-0.25, -0.2) is 0 Å². The lowest BCUT2D eigenvalue weighted by Gasteiger charge is -2.26. The molecule has 1 aromatic rings. The number of nitrogens with zero attached hydrogens (tertiary/aromatic N) is 1. The van der Waals surface area contributed by atoms with E-state index >= 15 is 0 Å². The van der Waals surface area contributed by atoms with E-state index < -0.39 is 18.1 Å². The Hall–Kier alpha value is -1.62. The summed E-state index contributed by atoms with van der Waals surface area (Å²) in [5, 5.41) is 14.5. The highest BCUT2D eigenvalue weighted by Crippen LogP contribution is 2.35. The van der Waals surface area contributed by atoms with Gasteiger partial charge in [-0.05, 0) is 37.8 Å². The zero-order chi connectivity index (χ0) is 22.6. The van der Waals surface area contributed by atoms with E-state index in [0.29, 0.717) is 25.3 Å². The van der Waals surface area contributed by atoms with Crippen molar-refractivity contribution >= 4 is 40.9 Å². The van der Waals surface area contributed by atoms with Crippen LogP contribution in [0, 0.1) is 0 Å². The molecule has 0 spiro atoms. The van der Waals surface area contributed by atoms with Crippen LogP contribution in [0.4, 0.5) is 0 Å². The number of esters is 1. The fourth-order valence-electron chi connectivity index (χ4n) is 3.52. The monoisotopic (exact) mass is 471 g/mol. The van der Waals surface area contributed by atoms with Crippen LogP contribution in [0.3, 0.4) is 0 Å². The minimum absolute atomic E-state index is 0.00686. The summed E-state index contributed by atoms with van der Waals surface area (Å²) in [4.78, 5) is 39.5. The fourth-order valence-corrected chi connectivity index (χ4v) is 5.78. The van der Waals surface area contributed by atoms with E-state index in [1.165, 1.54) is 4.90 Å². The van der Waals surface area contributed by atoms with Gasteiger partial charge in [-0.3, -0.25) is 19.7 Å². The third-order valence-corrected chi connectivity index (χ3v) is 7.53. The summed E-state index contributed by atoms with van der Waals surface area (Å²) in [6.07, 6.45) is 4.28. The summed E-state index contributed by atoms with van der Waals surface area (Å²) >= 11 is 3.21. The Morgan fingerprint density at radius 2 is 2.13 bits per heavy atom. The maximum Gasteiger partial charge on any atom is 0.323 e. The van der Waals surface area contributed by atoms with E-state index in [0.717, 1.165) is 30.6 Å². The number of nitrogens with two attached hydrogens (primary N) is 1. The third-order valence-electron chi connectivity index (χ3n) is 5.07. The van der Waals surface area contributed by atoms with Crippen LogP contribution >= 0.6 is 23.1 Å². The lowest BCUT2D eigenvalue weighted by molar-refractivity contribution is -0.148. The molecule has 10 heteroatoms. The van der Waals surface area contributed by atoms with Crippen LogP contribution in [0.5, 0.6) is 0 Å². The molecule has 1 aliphatic rings. The Bertz CT molecular complexity index is 701. The summed E-state index contributed by atoms with van der Waals surface area (Å²) in [7, 11) is 0. The second-order valence-electron chi connectivity index (χ2n) is 7.47. The number of carboxylic acid groups (broad SMARTS) is 1. The number of rotatable bonds is 13. The number of carbonyl (C=O) groups is 3. The van der Waals surface area contributed by atoms with Crippen molar-refractivity contribution in [2.24, 2.45) is 5.73 Å². The molecule has 1 fully saturated rings. The minimum atomic E-state index is -1.05. The first-order valence-corrected chi connectivity index (χ1v) is 12.7. The van der Waals surface area contributed by atoms with Crippen LogP contribution in [0.15, 0.2) is 17.5 Å². The Morgan fingerprint density at radius 3 is 2.77 bits per heavy atom. The molecule has 174 valence electrons. The molecule has 0 aromatic carbocycles. The average Bonchev–Trinajstić information content (AvgIpc) is 3.22. The molecule has 1 saturated heterocycles. The van der Waals surface area contributed by atoms with Crippen molar-refractivity contribution < 1.29 is 24.2 Å². The number of amides is 1. The van der Waals surface area contributed by atoms with E-state index in [4.69, 9.17) is 10.5 Å². The molecule has 0 bridgehead atoms. The Labute approximate surface area is 191 Å². The molecule has 4 N–H and O–H groups in total. The molecule has 0 radical (unpaired) electrons. The fraction of sp³-hybridized carbons (Fsp3) is 0.667. The number of carboxylic acids is 1. The number of thioether (sulfide) groups is 1. The van der Waals surface area contributed by atoms with Gasteiger partial charge >= 0.3 is 11.9 Å². The average molecular weight is 472 g/mol. The van der Waals surface area contributed by atoms with Crippen LogP contribution in [0.25, 0.3) is 0 Å². The molecule has 2 heterocycles. The van der Waals surface area contributed by atoms with Crippen LogP contribution in [-0.2, 0) is 19.1 Å². The predicted octanol–water partition coefficient (Wildman–Crippen LogP) is 2.25. The van der Waals surface area contributed by atoms with Gasteiger partial charge in [0.15, 0.2) is 0 Å². The van der Waals surface area contributed by atoms with Crippen LogP contribution in [0.2, 0.25) is 0 Å². The van der Waals surface area contributed by atoms with E-state index in [1.54, 1.807) is 30.0 Å². The molecule has 0 aliphatic carbocycles. The molecule has 2 unspecified atom stereocenters. The largest absolute Gasteiger partial charge is 0.480 e. The molecule has 1 aromatic heterocycles. The summed E-state index contributed by atoms with van der Waals surface area (Å²) in [5.41, 5.74) is 5.53. The number of hydrogen-bond donors (Lipinski definition) is 3. The number of unbranched alkanes of at least 4 members (excludes halogenated alkanes) is 3. The lowest BCUT2D eigenvalue weighted by atomic mass is 10.1. The van der Waals surface area contributed by atoms with Gasteiger partial charge in [0.1, 0.15) is 12.6 Å². The van der Waals surface area contributed by atoms with E-state index in [9.17, 15) is 19.5 Å². The highest BCUT2D eigenvalue weighted by molar-refractivity contribution is 7.99. The standard InChI is InChI=1S/C21H33N3O5S2/c1-2-29-21(28)15(8-5-3-4-6-10-22)23-16-14-31-18(17-9-7-11-30-17)12-24(20(16)27)13-19(25)26/h7,9,11,15-16,18,23H,2-6,8,10,12-14,22H2,1H3,(H,25,26)/t15-,16?,18?/m1/s1. The van der Waals surface area contributed by atoms with Gasteiger partial charge in [-0.1, -0.05) is 25.3 Å². The topological polar surface area (TPSA) is 122 Å². The number of ether oxygens (including phenoxy) is 1. The molecule has 3 atom stereocenters. The smallest absolute Gasteiger partial charge is 0.323 e. The Morgan fingerprint density at radius 1 is 1.35 bits per heavy atom. The van der Waals surface area contributed by atoms with Crippen molar-refractivity contribution in [3.63, 3.8) is 0 Å². The molecule has 1 amide bonds. The Kier molecular flexibility index (Phi) is 11.3. The van der Waals surface area contributed by atoms with Crippen LogP contribution in [0.1, 0.15) is 49.2 Å². The number of hydrogen-bond acceptors (Lipinski definition) is 8. The zero-order valence-electron chi connectivity index (χ0n) is 18.0. The molecular formula is C21H33N3O5S2. The van der Waals surface area contributed by atoms with Crippen LogP contribution < -0.4 is 11.1 Å². The minimum Gasteiger partial charge on any atom is -0.480 e. The quantitative estimate of drug-likeness (QED) is 0.296. The summed E-state index contributed by atoms with van der Waals surface area (Å²) in [6.45, 7) is 2.64. The molecule has 8 nitrogen and oxygen atoms in total. The van der Waals surface area contributed by atoms with Crippen molar-refractivity contribution in [1.82, 2.24) is 10.2 Å². The maximum atomic E-state index is 13.2. The van der Waals surface area contributed by atoms with Gasteiger partial charge < -0.3 is 20.5 Å². The molecule has 2 rings (SSSR count). The predicted molar refractivity (Wildman–Crippen MR) is 123 cm³/mol. The zero-order valence-corrected chi connectivity index (χ0v) is 19.6. The normalized spacial score (nSPS) is 20.3. The van der Waals surface area contributed by atoms with Gasteiger partial charge in [0.05, 0.1) is 17.9 Å². The van der Waals surface area contributed by atoms with Gasteiger partial charge in [0, 0.05) is 17.2 Å². The van der Waals surface area contributed by atoms with Crippen molar-refractivity contribution in [3.05, 3.63) is 22.4 Å². The molecule has 1 aliphatic heterocycles. The van der Waals surface area contributed by atoms with Crippen molar-refractivity contribution in [1.29, 1.82) is 0 Å². The SMILES string of the molecule is CCOC(=O)[C@@H](CCCCCCN)NC1CSC(c2cccs2)CN(CC(=O)O)C1=O. The molecule has 31 heavy (non-hydrogen) atoms. The first-order valence-electron chi connectivity index (χ1n) is 10.7. The molecular weight excluding hydrogens is 438 g/mol. The van der Waals surface area contributed by atoms with E-state index in [1.807, 2.05) is 17.5 Å². The third kappa shape index (κ3) is 8.44. The Balaban J connectivity index is 2.10. The maximum absolute atomic E-state index is 13.2. The van der Waals surface area contributed by atoms with E-state index in [-0.39, 0.29) is 30.3 Å². The highest BCUT2D eigenvalue weighted by atomic mass is 32.2. The number of nitrogens with one attached hydrogen (secondary N) is 1. The van der Waals surface area contributed by atoms with Gasteiger partial charge in [-0.2, -0.15) is 0 Å². The second kappa shape index (κ2) is 13.7. The number of carbonyl (C=O) groups excluding carboxylic acids is 2. The number of aliphatic carboxylic acids is 1. The lowest BCUT2D eigenvalue weighted by Crippen LogP contribution is -2.53. The van der Waals surface area contributed by atoms with Crippen molar-refractivity contribution in [2.45, 2.75) is 56.4 Å². The van der Waals surface area contributed by atoms with Gasteiger partial charge in [0.2, 0.25) is 5.91 Å². The molecule has 0 saturated carbocycles.